The normalized spacial score (nSPS) is 15.8. The van der Waals surface area contributed by atoms with Crippen molar-refractivity contribution in [3.63, 3.8) is 0 Å². The van der Waals surface area contributed by atoms with Gasteiger partial charge in [0.25, 0.3) is 0 Å². The molecule has 1 aliphatic heterocycles. The molecule has 2 aromatic carbocycles. The summed E-state index contributed by atoms with van der Waals surface area (Å²) in [7, 11) is 2.16. The number of benzene rings is 2. The maximum atomic E-state index is 4.56. The van der Waals surface area contributed by atoms with Crippen molar-refractivity contribution in [1.29, 1.82) is 0 Å². The molecule has 0 N–H and O–H groups in total. The average Bonchev–Trinajstić information content (AvgIpc) is 2.87. The molecule has 0 aliphatic carbocycles. The van der Waals surface area contributed by atoms with Crippen LogP contribution in [-0.4, -0.2) is 40.0 Å². The van der Waals surface area contributed by atoms with Gasteiger partial charge in [-0.05, 0) is 23.8 Å². The lowest BCUT2D eigenvalue weighted by Gasteiger charge is -2.19. The van der Waals surface area contributed by atoms with Crippen LogP contribution in [0.1, 0.15) is 5.56 Å². The molecule has 4 rings (SSSR count). The van der Waals surface area contributed by atoms with Crippen LogP contribution in [0.25, 0.3) is 11.0 Å². The van der Waals surface area contributed by atoms with Crippen molar-refractivity contribution < 1.29 is 0 Å². The zero-order valence-corrected chi connectivity index (χ0v) is 12.7. The molecular formula is C17H19N5. The van der Waals surface area contributed by atoms with Gasteiger partial charge in [-0.2, -0.15) is 15.0 Å². The monoisotopic (exact) mass is 293 g/mol. The predicted octanol–water partition coefficient (Wildman–Crippen LogP) is 2.34. The van der Waals surface area contributed by atoms with Crippen LogP contribution in [0, 0.1) is 0 Å². The maximum absolute atomic E-state index is 4.56. The molecular weight excluding hydrogens is 274 g/mol. The molecule has 0 amide bonds. The van der Waals surface area contributed by atoms with Crippen molar-refractivity contribution >= 4 is 16.7 Å². The highest BCUT2D eigenvalue weighted by atomic mass is 15.5. The van der Waals surface area contributed by atoms with Gasteiger partial charge in [0, 0.05) is 32.4 Å². The minimum absolute atomic E-state index is 0.719. The Hall–Kier alpha value is -2.40. The minimum atomic E-state index is 0.719. The van der Waals surface area contributed by atoms with E-state index in [1.54, 1.807) is 4.80 Å². The minimum Gasteiger partial charge on any atom is -0.373 e. The van der Waals surface area contributed by atoms with Crippen LogP contribution >= 0.6 is 0 Å². The molecule has 0 radical (unpaired) electrons. The summed E-state index contributed by atoms with van der Waals surface area (Å²) in [5, 5.41) is 9.13. The Balaban J connectivity index is 1.58. The molecule has 0 bridgehead atoms. The number of hydrogen-bond donors (Lipinski definition) is 0. The first-order valence-corrected chi connectivity index (χ1v) is 7.61. The largest absolute Gasteiger partial charge is 0.373 e. The maximum Gasteiger partial charge on any atom is 0.113 e. The van der Waals surface area contributed by atoms with E-state index in [2.05, 4.69) is 51.3 Å². The molecule has 5 heteroatoms. The van der Waals surface area contributed by atoms with Crippen molar-refractivity contribution in [2.75, 3.05) is 25.0 Å². The lowest BCUT2D eigenvalue weighted by molar-refractivity contribution is 0.195. The second-order valence-corrected chi connectivity index (χ2v) is 5.81. The van der Waals surface area contributed by atoms with Crippen LogP contribution in [0.4, 0.5) is 5.69 Å². The summed E-state index contributed by atoms with van der Waals surface area (Å²) in [6.45, 7) is 3.66. The molecule has 22 heavy (non-hydrogen) atoms. The number of anilines is 1. The van der Waals surface area contributed by atoms with Crippen LogP contribution in [0.15, 0.2) is 48.5 Å². The van der Waals surface area contributed by atoms with E-state index in [1.165, 1.54) is 11.3 Å². The molecule has 0 spiro atoms. The predicted molar refractivity (Wildman–Crippen MR) is 87.7 cm³/mol. The highest BCUT2D eigenvalue weighted by Gasteiger charge is 2.17. The summed E-state index contributed by atoms with van der Waals surface area (Å²) >= 11 is 0. The summed E-state index contributed by atoms with van der Waals surface area (Å²) in [6.07, 6.45) is 0. The highest BCUT2D eigenvalue weighted by molar-refractivity contribution is 5.72. The summed E-state index contributed by atoms with van der Waals surface area (Å²) < 4.78 is 0. The molecule has 0 atom stereocenters. The zero-order valence-electron chi connectivity index (χ0n) is 12.7. The first kappa shape index (κ1) is 13.3. The number of likely N-dealkylation sites (N-methyl/N-ethyl adjacent to an activating group) is 1. The average molecular weight is 293 g/mol. The Morgan fingerprint density at radius 1 is 0.909 bits per heavy atom. The first-order valence-electron chi connectivity index (χ1n) is 7.61. The number of fused-ring (bicyclic) bond motifs is 2. The van der Waals surface area contributed by atoms with Gasteiger partial charge < -0.3 is 4.90 Å². The molecule has 0 saturated carbocycles. The fourth-order valence-corrected chi connectivity index (χ4v) is 3.02. The van der Waals surface area contributed by atoms with Gasteiger partial charge in [0.15, 0.2) is 0 Å². The van der Waals surface area contributed by atoms with E-state index in [-0.39, 0.29) is 0 Å². The number of aromatic nitrogens is 3. The van der Waals surface area contributed by atoms with Crippen molar-refractivity contribution in [3.05, 3.63) is 54.1 Å². The molecule has 3 aromatic rings. The van der Waals surface area contributed by atoms with Gasteiger partial charge >= 0.3 is 0 Å². The Morgan fingerprint density at radius 3 is 2.36 bits per heavy atom. The Bertz CT molecular complexity index is 761. The van der Waals surface area contributed by atoms with E-state index in [0.717, 1.165) is 37.3 Å². The SMILES string of the molecule is CN1CCN(Cn2nc3ccccc3n2)Cc2ccccc21. The third-order valence-electron chi connectivity index (χ3n) is 4.20. The smallest absolute Gasteiger partial charge is 0.113 e. The van der Waals surface area contributed by atoms with E-state index in [0.29, 0.717) is 0 Å². The Morgan fingerprint density at radius 2 is 1.59 bits per heavy atom. The van der Waals surface area contributed by atoms with Gasteiger partial charge in [0.2, 0.25) is 0 Å². The van der Waals surface area contributed by atoms with Gasteiger partial charge in [-0.1, -0.05) is 30.3 Å². The topological polar surface area (TPSA) is 37.2 Å². The summed E-state index contributed by atoms with van der Waals surface area (Å²) in [5.41, 5.74) is 4.59. The fraction of sp³-hybridized carbons (Fsp3) is 0.294. The quantitative estimate of drug-likeness (QED) is 0.727. The third kappa shape index (κ3) is 2.44. The van der Waals surface area contributed by atoms with Gasteiger partial charge in [-0.3, -0.25) is 4.90 Å². The summed E-state index contributed by atoms with van der Waals surface area (Å²) in [6, 6.07) is 16.6. The van der Waals surface area contributed by atoms with Crippen molar-refractivity contribution in [2.45, 2.75) is 13.2 Å². The third-order valence-corrected chi connectivity index (χ3v) is 4.20. The molecule has 0 unspecified atom stereocenters. The van der Waals surface area contributed by atoms with Gasteiger partial charge in [-0.15, -0.1) is 0 Å². The lowest BCUT2D eigenvalue weighted by atomic mass is 10.1. The zero-order chi connectivity index (χ0) is 14.9. The van der Waals surface area contributed by atoms with Crippen molar-refractivity contribution in [2.24, 2.45) is 0 Å². The number of rotatable bonds is 2. The first-order chi connectivity index (χ1) is 10.8. The van der Waals surface area contributed by atoms with Crippen LogP contribution < -0.4 is 4.90 Å². The van der Waals surface area contributed by atoms with Gasteiger partial charge in [0.05, 0.1) is 0 Å². The van der Waals surface area contributed by atoms with Crippen molar-refractivity contribution in [1.82, 2.24) is 19.9 Å². The van der Waals surface area contributed by atoms with Crippen LogP contribution in [0.5, 0.6) is 0 Å². The van der Waals surface area contributed by atoms with Crippen LogP contribution in [-0.2, 0) is 13.2 Å². The summed E-state index contributed by atoms with van der Waals surface area (Å²) in [5.74, 6) is 0. The van der Waals surface area contributed by atoms with E-state index in [9.17, 15) is 0 Å². The molecule has 0 saturated heterocycles. The fourth-order valence-electron chi connectivity index (χ4n) is 3.02. The number of nitrogens with zero attached hydrogens (tertiary/aromatic N) is 5. The number of para-hydroxylation sites is 1. The molecule has 0 fully saturated rings. The highest BCUT2D eigenvalue weighted by Crippen LogP contribution is 2.23. The van der Waals surface area contributed by atoms with E-state index in [1.807, 2.05) is 24.3 Å². The number of hydrogen-bond acceptors (Lipinski definition) is 4. The molecule has 112 valence electrons. The lowest BCUT2D eigenvalue weighted by Crippen LogP contribution is -2.31. The van der Waals surface area contributed by atoms with E-state index >= 15 is 0 Å². The second-order valence-electron chi connectivity index (χ2n) is 5.81. The van der Waals surface area contributed by atoms with Crippen LogP contribution in [0.3, 0.4) is 0 Å². The van der Waals surface area contributed by atoms with Crippen LogP contribution in [0.2, 0.25) is 0 Å². The molecule has 1 aromatic heterocycles. The molecule has 2 heterocycles. The van der Waals surface area contributed by atoms with Crippen molar-refractivity contribution in [3.8, 4) is 0 Å². The Labute approximate surface area is 129 Å². The van der Waals surface area contributed by atoms with E-state index < -0.39 is 0 Å². The summed E-state index contributed by atoms with van der Waals surface area (Å²) in [4.78, 5) is 6.52. The van der Waals surface area contributed by atoms with Gasteiger partial charge in [-0.25, -0.2) is 0 Å². The standard InChI is InChI=1S/C17H19N5/c1-20-10-11-21(12-14-6-2-5-9-17(14)20)13-22-18-15-7-3-4-8-16(15)19-22/h2-9H,10-13H2,1H3. The van der Waals surface area contributed by atoms with Gasteiger partial charge in [0.1, 0.15) is 17.7 Å². The van der Waals surface area contributed by atoms with E-state index in [4.69, 9.17) is 0 Å². The molecule has 5 nitrogen and oxygen atoms in total. The molecule has 1 aliphatic rings. The Kier molecular flexibility index (Phi) is 3.27. The second kappa shape index (κ2) is 5.42.